The van der Waals surface area contributed by atoms with Gasteiger partial charge in [-0.15, -0.1) is 0 Å². The van der Waals surface area contributed by atoms with Crippen molar-refractivity contribution in [1.82, 2.24) is 9.97 Å². The Morgan fingerprint density at radius 2 is 2.23 bits per heavy atom. The first-order valence-electron chi connectivity index (χ1n) is 7.31. The van der Waals surface area contributed by atoms with E-state index in [9.17, 15) is 4.79 Å². The van der Waals surface area contributed by atoms with Crippen LogP contribution in [0.15, 0.2) is 6.07 Å². The Morgan fingerprint density at radius 1 is 1.45 bits per heavy atom. The van der Waals surface area contributed by atoms with E-state index in [0.29, 0.717) is 43.0 Å². The second-order valence-electron chi connectivity index (χ2n) is 4.73. The van der Waals surface area contributed by atoms with Gasteiger partial charge in [0.05, 0.1) is 6.61 Å². The molecule has 1 aromatic heterocycles. The first-order valence-corrected chi connectivity index (χ1v) is 7.68. The molecule has 0 aliphatic rings. The number of carboxylic acid groups (broad SMARTS) is 1. The topological polar surface area (TPSA) is 87.6 Å². The van der Waals surface area contributed by atoms with Crippen molar-refractivity contribution in [2.75, 3.05) is 43.6 Å². The monoisotopic (exact) mass is 330 g/mol. The SMILES string of the molecule is CCN(CCOC)c1nc(Cl)cc(NCCCCC(=O)O)n1. The van der Waals surface area contributed by atoms with E-state index in [2.05, 4.69) is 15.3 Å². The van der Waals surface area contributed by atoms with Gasteiger partial charge in [0.15, 0.2) is 0 Å². The molecule has 0 aliphatic heterocycles. The smallest absolute Gasteiger partial charge is 0.303 e. The van der Waals surface area contributed by atoms with Crippen LogP contribution in [0.4, 0.5) is 11.8 Å². The van der Waals surface area contributed by atoms with E-state index in [1.807, 2.05) is 11.8 Å². The molecule has 0 fully saturated rings. The number of hydrogen-bond donors (Lipinski definition) is 2. The number of rotatable bonds is 11. The molecule has 124 valence electrons. The Bertz CT molecular complexity index is 473. The fraction of sp³-hybridized carbons (Fsp3) is 0.643. The number of aliphatic carboxylic acids is 1. The highest BCUT2D eigenvalue weighted by Crippen LogP contribution is 2.17. The van der Waals surface area contributed by atoms with Crippen molar-refractivity contribution < 1.29 is 14.6 Å². The summed E-state index contributed by atoms with van der Waals surface area (Å²) in [5.41, 5.74) is 0. The molecule has 0 bridgehead atoms. The molecule has 0 aliphatic carbocycles. The molecule has 2 N–H and O–H groups in total. The number of anilines is 2. The molecule has 0 saturated carbocycles. The molecule has 7 nitrogen and oxygen atoms in total. The van der Waals surface area contributed by atoms with Crippen molar-refractivity contribution in [3.05, 3.63) is 11.2 Å². The number of methoxy groups -OCH3 is 1. The van der Waals surface area contributed by atoms with Crippen LogP contribution in [-0.4, -0.2) is 54.4 Å². The Morgan fingerprint density at radius 3 is 2.86 bits per heavy atom. The van der Waals surface area contributed by atoms with Gasteiger partial charge in [0.1, 0.15) is 11.0 Å². The minimum Gasteiger partial charge on any atom is -0.481 e. The van der Waals surface area contributed by atoms with Crippen molar-refractivity contribution in [3.8, 4) is 0 Å². The molecular formula is C14H23ClN4O3. The lowest BCUT2D eigenvalue weighted by Crippen LogP contribution is -2.28. The number of aromatic nitrogens is 2. The zero-order valence-corrected chi connectivity index (χ0v) is 13.8. The zero-order valence-electron chi connectivity index (χ0n) is 13.0. The summed E-state index contributed by atoms with van der Waals surface area (Å²) in [5, 5.41) is 12.1. The fourth-order valence-corrected chi connectivity index (χ4v) is 2.04. The summed E-state index contributed by atoms with van der Waals surface area (Å²) in [7, 11) is 1.65. The summed E-state index contributed by atoms with van der Waals surface area (Å²) in [5.74, 6) is 0.422. The summed E-state index contributed by atoms with van der Waals surface area (Å²) in [6, 6.07) is 1.66. The molecular weight excluding hydrogens is 308 g/mol. The van der Waals surface area contributed by atoms with Crippen LogP contribution in [0.2, 0.25) is 5.15 Å². The van der Waals surface area contributed by atoms with Gasteiger partial charge in [0.25, 0.3) is 0 Å². The molecule has 0 spiro atoms. The van der Waals surface area contributed by atoms with E-state index in [1.54, 1.807) is 13.2 Å². The van der Waals surface area contributed by atoms with Gasteiger partial charge < -0.3 is 20.1 Å². The molecule has 1 aromatic rings. The summed E-state index contributed by atoms with van der Waals surface area (Å²) >= 11 is 6.04. The predicted molar refractivity (Wildman–Crippen MR) is 86.8 cm³/mol. The van der Waals surface area contributed by atoms with Crippen LogP contribution in [0.1, 0.15) is 26.2 Å². The molecule has 0 saturated heterocycles. The van der Waals surface area contributed by atoms with Crippen molar-refractivity contribution >= 4 is 29.3 Å². The van der Waals surface area contributed by atoms with E-state index in [1.165, 1.54) is 0 Å². The van der Waals surface area contributed by atoms with Gasteiger partial charge in [0.2, 0.25) is 5.95 Å². The second-order valence-corrected chi connectivity index (χ2v) is 5.11. The number of carbonyl (C=O) groups is 1. The van der Waals surface area contributed by atoms with Gasteiger partial charge in [-0.25, -0.2) is 4.98 Å². The van der Waals surface area contributed by atoms with Crippen molar-refractivity contribution in [1.29, 1.82) is 0 Å². The van der Waals surface area contributed by atoms with Gasteiger partial charge in [-0.1, -0.05) is 11.6 Å². The van der Waals surface area contributed by atoms with Crippen LogP contribution < -0.4 is 10.2 Å². The standard InChI is InChI=1S/C14H23ClN4O3/c1-3-19(8-9-22-2)14-17-11(15)10-12(18-14)16-7-5-4-6-13(20)21/h10H,3-9H2,1-2H3,(H,20,21)(H,16,17,18). The predicted octanol–water partition coefficient (Wildman–Crippen LogP) is 2.27. The molecule has 0 radical (unpaired) electrons. The number of hydrogen-bond acceptors (Lipinski definition) is 6. The van der Waals surface area contributed by atoms with E-state index >= 15 is 0 Å². The minimum absolute atomic E-state index is 0.179. The first-order chi connectivity index (χ1) is 10.6. The third-order valence-corrected chi connectivity index (χ3v) is 3.23. The van der Waals surface area contributed by atoms with Crippen LogP contribution >= 0.6 is 11.6 Å². The summed E-state index contributed by atoms with van der Waals surface area (Å²) in [6.07, 6.45) is 1.56. The number of unbranched alkanes of at least 4 members (excludes halogenated alkanes) is 1. The molecule has 0 unspecified atom stereocenters. The van der Waals surface area contributed by atoms with Gasteiger partial charge in [0, 0.05) is 39.2 Å². The Hall–Kier alpha value is -1.60. The molecule has 22 heavy (non-hydrogen) atoms. The highest BCUT2D eigenvalue weighted by atomic mass is 35.5. The number of carboxylic acids is 1. The van der Waals surface area contributed by atoms with Crippen LogP contribution in [-0.2, 0) is 9.53 Å². The second kappa shape index (κ2) is 10.2. The van der Waals surface area contributed by atoms with E-state index < -0.39 is 5.97 Å². The molecule has 8 heteroatoms. The maximum Gasteiger partial charge on any atom is 0.303 e. The van der Waals surface area contributed by atoms with Gasteiger partial charge in [-0.2, -0.15) is 4.98 Å². The van der Waals surface area contributed by atoms with Crippen LogP contribution in [0.5, 0.6) is 0 Å². The van der Waals surface area contributed by atoms with Crippen molar-refractivity contribution in [3.63, 3.8) is 0 Å². The summed E-state index contributed by atoms with van der Waals surface area (Å²) < 4.78 is 5.07. The lowest BCUT2D eigenvalue weighted by molar-refractivity contribution is -0.137. The first kappa shape index (κ1) is 18.4. The van der Waals surface area contributed by atoms with Gasteiger partial charge >= 0.3 is 5.97 Å². The summed E-state index contributed by atoms with van der Waals surface area (Å²) in [6.45, 7) is 4.68. The van der Waals surface area contributed by atoms with Crippen molar-refractivity contribution in [2.45, 2.75) is 26.2 Å². The number of nitrogens with zero attached hydrogens (tertiary/aromatic N) is 3. The Balaban J connectivity index is 2.58. The summed E-state index contributed by atoms with van der Waals surface area (Å²) in [4.78, 5) is 21.1. The maximum atomic E-state index is 10.4. The number of likely N-dealkylation sites (N-methyl/N-ethyl adjacent to an activating group) is 1. The normalized spacial score (nSPS) is 10.5. The van der Waals surface area contributed by atoms with E-state index in [4.69, 9.17) is 21.4 Å². The number of ether oxygens (including phenoxy) is 1. The average molecular weight is 331 g/mol. The molecule has 1 rings (SSSR count). The van der Waals surface area contributed by atoms with Gasteiger partial charge in [-0.3, -0.25) is 4.79 Å². The third-order valence-electron chi connectivity index (χ3n) is 3.04. The third kappa shape index (κ3) is 6.91. The lowest BCUT2D eigenvalue weighted by atomic mass is 10.2. The quantitative estimate of drug-likeness (QED) is 0.475. The molecule has 0 amide bonds. The van der Waals surface area contributed by atoms with Crippen LogP contribution in [0.25, 0.3) is 0 Å². The highest BCUT2D eigenvalue weighted by molar-refractivity contribution is 6.29. The number of halogens is 1. The highest BCUT2D eigenvalue weighted by Gasteiger charge is 2.10. The minimum atomic E-state index is -0.774. The molecule has 1 heterocycles. The van der Waals surface area contributed by atoms with Crippen LogP contribution in [0.3, 0.4) is 0 Å². The lowest BCUT2D eigenvalue weighted by Gasteiger charge is -2.21. The van der Waals surface area contributed by atoms with E-state index in [0.717, 1.165) is 13.0 Å². The Kier molecular flexibility index (Phi) is 8.54. The fourth-order valence-electron chi connectivity index (χ4n) is 1.86. The van der Waals surface area contributed by atoms with Crippen molar-refractivity contribution in [2.24, 2.45) is 0 Å². The van der Waals surface area contributed by atoms with Gasteiger partial charge in [-0.05, 0) is 19.8 Å². The zero-order chi connectivity index (χ0) is 16.4. The Labute approximate surface area is 135 Å². The van der Waals surface area contributed by atoms with E-state index in [-0.39, 0.29) is 6.42 Å². The largest absolute Gasteiger partial charge is 0.481 e. The molecule has 0 aromatic carbocycles. The van der Waals surface area contributed by atoms with Crippen LogP contribution in [0, 0.1) is 0 Å². The number of nitrogens with one attached hydrogen (secondary N) is 1. The maximum absolute atomic E-state index is 10.4. The molecule has 0 atom stereocenters. The average Bonchev–Trinajstić information content (AvgIpc) is 2.47.